The number of esters is 1. The standard InChI is InChI=1S/C23H18N2O6/c1-15(26)24-19-9-5-8-18(14-19)23(28)31-22(21(27)16-6-3-2-4-7-16)17-10-12-20(13-11-17)25(29)30/h2-14,22H,1H3,(H,24,26)/t22-/m0/s1. The van der Waals surface area contributed by atoms with Gasteiger partial charge in [0.2, 0.25) is 11.7 Å². The van der Waals surface area contributed by atoms with Gasteiger partial charge in [-0.1, -0.05) is 36.4 Å². The summed E-state index contributed by atoms with van der Waals surface area (Å²) in [6, 6.07) is 19.6. The first kappa shape index (κ1) is 21.4. The summed E-state index contributed by atoms with van der Waals surface area (Å²) in [7, 11) is 0. The zero-order valence-corrected chi connectivity index (χ0v) is 16.5. The number of rotatable bonds is 7. The van der Waals surface area contributed by atoms with Crippen molar-refractivity contribution in [1.82, 2.24) is 0 Å². The first-order chi connectivity index (χ1) is 14.8. The lowest BCUT2D eigenvalue weighted by Gasteiger charge is -2.18. The number of nitrogens with zero attached hydrogens (tertiary/aromatic N) is 1. The van der Waals surface area contributed by atoms with Gasteiger partial charge in [0.15, 0.2) is 6.10 Å². The van der Waals surface area contributed by atoms with Crippen molar-refractivity contribution in [3.63, 3.8) is 0 Å². The van der Waals surface area contributed by atoms with E-state index in [4.69, 9.17) is 4.74 Å². The Kier molecular flexibility index (Phi) is 6.51. The molecule has 1 amide bonds. The van der Waals surface area contributed by atoms with Crippen LogP contribution in [0.25, 0.3) is 0 Å². The minimum atomic E-state index is -1.31. The molecule has 1 N–H and O–H groups in total. The summed E-state index contributed by atoms with van der Waals surface area (Å²) >= 11 is 0. The highest BCUT2D eigenvalue weighted by Gasteiger charge is 2.27. The van der Waals surface area contributed by atoms with E-state index in [9.17, 15) is 24.5 Å². The van der Waals surface area contributed by atoms with Gasteiger partial charge in [0.25, 0.3) is 5.69 Å². The van der Waals surface area contributed by atoms with Crippen LogP contribution in [0.5, 0.6) is 0 Å². The second-order valence-corrected chi connectivity index (χ2v) is 6.63. The topological polar surface area (TPSA) is 116 Å². The van der Waals surface area contributed by atoms with E-state index in [2.05, 4.69) is 5.32 Å². The van der Waals surface area contributed by atoms with Gasteiger partial charge in [-0.3, -0.25) is 19.7 Å². The van der Waals surface area contributed by atoms with E-state index in [-0.39, 0.29) is 17.2 Å². The van der Waals surface area contributed by atoms with Crippen LogP contribution in [0, 0.1) is 10.1 Å². The Morgan fingerprint density at radius 2 is 1.55 bits per heavy atom. The van der Waals surface area contributed by atoms with Gasteiger partial charge in [0.1, 0.15) is 0 Å². The largest absolute Gasteiger partial charge is 0.445 e. The van der Waals surface area contributed by atoms with Crippen LogP contribution in [0.4, 0.5) is 11.4 Å². The van der Waals surface area contributed by atoms with Crippen LogP contribution in [0.2, 0.25) is 0 Å². The Bertz CT molecular complexity index is 1130. The average molecular weight is 418 g/mol. The van der Waals surface area contributed by atoms with Crippen molar-refractivity contribution in [2.75, 3.05) is 5.32 Å². The molecule has 0 aliphatic rings. The van der Waals surface area contributed by atoms with Gasteiger partial charge >= 0.3 is 5.97 Å². The molecule has 0 saturated heterocycles. The Balaban J connectivity index is 1.93. The van der Waals surface area contributed by atoms with Crippen molar-refractivity contribution in [2.24, 2.45) is 0 Å². The molecule has 3 aromatic carbocycles. The predicted octanol–water partition coefficient (Wildman–Crippen LogP) is 4.33. The number of carbonyl (C=O) groups excluding carboxylic acids is 3. The third kappa shape index (κ3) is 5.39. The second-order valence-electron chi connectivity index (χ2n) is 6.63. The van der Waals surface area contributed by atoms with Gasteiger partial charge in [-0.05, 0) is 30.3 Å². The van der Waals surface area contributed by atoms with Crippen LogP contribution in [0.1, 0.15) is 39.3 Å². The first-order valence-corrected chi connectivity index (χ1v) is 9.27. The number of amides is 1. The fraction of sp³-hybridized carbons (Fsp3) is 0.0870. The third-order valence-electron chi connectivity index (χ3n) is 4.35. The molecule has 0 heterocycles. The van der Waals surface area contributed by atoms with E-state index in [0.717, 1.165) is 0 Å². The molecule has 0 aromatic heterocycles. The number of nitro benzene ring substituents is 1. The lowest BCUT2D eigenvalue weighted by atomic mass is 9.99. The molecule has 8 nitrogen and oxygen atoms in total. The van der Waals surface area contributed by atoms with Gasteiger partial charge in [0, 0.05) is 35.9 Å². The highest BCUT2D eigenvalue weighted by atomic mass is 16.6. The highest BCUT2D eigenvalue weighted by molar-refractivity contribution is 6.02. The van der Waals surface area contributed by atoms with Gasteiger partial charge in [-0.25, -0.2) is 4.79 Å². The quantitative estimate of drug-likeness (QED) is 0.264. The molecule has 0 fully saturated rings. The number of anilines is 1. The molecule has 0 bridgehead atoms. The maximum absolute atomic E-state index is 13.1. The zero-order chi connectivity index (χ0) is 22.4. The normalized spacial score (nSPS) is 11.3. The van der Waals surface area contributed by atoms with E-state index in [1.54, 1.807) is 42.5 Å². The van der Waals surface area contributed by atoms with Crippen LogP contribution in [-0.2, 0) is 9.53 Å². The number of ether oxygens (including phenoxy) is 1. The van der Waals surface area contributed by atoms with Gasteiger partial charge in [-0.15, -0.1) is 0 Å². The van der Waals surface area contributed by atoms with Crippen LogP contribution in [0.15, 0.2) is 78.9 Å². The number of Topliss-reactive ketones (excluding diaryl/α,β-unsaturated/α-hetero) is 1. The molecule has 0 unspecified atom stereocenters. The Hall–Kier alpha value is -4.33. The fourth-order valence-corrected chi connectivity index (χ4v) is 2.90. The Morgan fingerprint density at radius 3 is 2.16 bits per heavy atom. The van der Waals surface area contributed by atoms with Crippen molar-refractivity contribution in [3.05, 3.63) is 106 Å². The lowest BCUT2D eigenvalue weighted by molar-refractivity contribution is -0.384. The number of benzene rings is 3. The number of hydrogen-bond donors (Lipinski definition) is 1. The van der Waals surface area contributed by atoms with Crippen molar-refractivity contribution in [2.45, 2.75) is 13.0 Å². The second kappa shape index (κ2) is 9.45. The molecule has 0 aliphatic heterocycles. The molecule has 1 atom stereocenters. The summed E-state index contributed by atoms with van der Waals surface area (Å²) in [5, 5.41) is 13.5. The van der Waals surface area contributed by atoms with Crippen LogP contribution in [-0.4, -0.2) is 22.6 Å². The van der Waals surface area contributed by atoms with E-state index in [0.29, 0.717) is 16.8 Å². The Labute approximate surface area is 177 Å². The molecule has 8 heteroatoms. The zero-order valence-electron chi connectivity index (χ0n) is 16.5. The van der Waals surface area contributed by atoms with E-state index < -0.39 is 22.8 Å². The molecule has 3 rings (SSSR count). The summed E-state index contributed by atoms with van der Waals surface area (Å²) in [5.74, 6) is -1.55. The first-order valence-electron chi connectivity index (χ1n) is 9.27. The molecule has 0 radical (unpaired) electrons. The van der Waals surface area contributed by atoms with Crippen LogP contribution in [0.3, 0.4) is 0 Å². The molecule has 156 valence electrons. The van der Waals surface area contributed by atoms with E-state index >= 15 is 0 Å². The van der Waals surface area contributed by atoms with Gasteiger partial charge in [0.05, 0.1) is 10.5 Å². The third-order valence-corrected chi connectivity index (χ3v) is 4.35. The number of nitrogens with one attached hydrogen (secondary N) is 1. The molecular formula is C23H18N2O6. The maximum atomic E-state index is 13.1. The van der Waals surface area contributed by atoms with E-state index in [1.807, 2.05) is 0 Å². The smallest absolute Gasteiger partial charge is 0.339 e. The fourth-order valence-electron chi connectivity index (χ4n) is 2.90. The van der Waals surface area contributed by atoms with Crippen molar-refractivity contribution < 1.29 is 24.0 Å². The summed E-state index contributed by atoms with van der Waals surface area (Å²) in [6.45, 7) is 1.34. The highest BCUT2D eigenvalue weighted by Crippen LogP contribution is 2.26. The van der Waals surface area contributed by atoms with Crippen molar-refractivity contribution in [3.8, 4) is 0 Å². The number of hydrogen-bond acceptors (Lipinski definition) is 6. The van der Waals surface area contributed by atoms with Gasteiger partial charge < -0.3 is 10.1 Å². The monoisotopic (exact) mass is 418 g/mol. The lowest BCUT2D eigenvalue weighted by Crippen LogP contribution is -2.20. The summed E-state index contributed by atoms with van der Waals surface area (Å²) in [4.78, 5) is 47.5. The van der Waals surface area contributed by atoms with Crippen LogP contribution >= 0.6 is 0 Å². The summed E-state index contributed by atoms with van der Waals surface area (Å²) in [6.07, 6.45) is -1.31. The molecular weight excluding hydrogens is 400 g/mol. The van der Waals surface area contributed by atoms with E-state index in [1.165, 1.54) is 43.3 Å². The maximum Gasteiger partial charge on any atom is 0.339 e. The summed E-state index contributed by atoms with van der Waals surface area (Å²) < 4.78 is 5.53. The molecule has 0 saturated carbocycles. The minimum Gasteiger partial charge on any atom is -0.445 e. The summed E-state index contributed by atoms with van der Waals surface area (Å²) in [5.41, 5.74) is 1.02. The van der Waals surface area contributed by atoms with Crippen molar-refractivity contribution in [1.29, 1.82) is 0 Å². The minimum absolute atomic E-state index is 0.138. The SMILES string of the molecule is CC(=O)Nc1cccc(C(=O)O[C@H](C(=O)c2ccccc2)c2ccc([N+](=O)[O-])cc2)c1. The predicted molar refractivity (Wildman–Crippen MR) is 113 cm³/mol. The van der Waals surface area contributed by atoms with Gasteiger partial charge in [-0.2, -0.15) is 0 Å². The number of carbonyl (C=O) groups is 3. The molecule has 0 spiro atoms. The Morgan fingerprint density at radius 1 is 0.903 bits per heavy atom. The average Bonchev–Trinajstić information content (AvgIpc) is 2.77. The van der Waals surface area contributed by atoms with Crippen LogP contribution < -0.4 is 5.32 Å². The molecule has 0 aliphatic carbocycles. The van der Waals surface area contributed by atoms with Crippen molar-refractivity contribution >= 4 is 29.0 Å². The molecule has 31 heavy (non-hydrogen) atoms. The number of non-ortho nitro benzene ring substituents is 1. The number of nitro groups is 1. The number of ketones is 1. The molecule has 3 aromatic rings.